The van der Waals surface area contributed by atoms with Crippen LogP contribution in [0, 0.1) is 0 Å². The maximum Gasteiger partial charge on any atom is 0.347 e. The summed E-state index contributed by atoms with van der Waals surface area (Å²) in [6.07, 6.45) is 0.885. The lowest BCUT2D eigenvalue weighted by Gasteiger charge is -2.14. The summed E-state index contributed by atoms with van der Waals surface area (Å²) < 4.78 is 11.5. The zero-order valence-electron chi connectivity index (χ0n) is 14.0. The Labute approximate surface area is 141 Å². The third-order valence-corrected chi connectivity index (χ3v) is 3.82. The molecule has 0 aliphatic heterocycles. The summed E-state index contributed by atoms with van der Waals surface area (Å²) in [7, 11) is 4.06. The Balaban J connectivity index is 2.06. The molecule has 0 radical (unpaired) electrons. The van der Waals surface area contributed by atoms with E-state index in [1.165, 1.54) is 0 Å². The molecule has 124 valence electrons. The van der Waals surface area contributed by atoms with Gasteiger partial charge in [0.2, 0.25) is 0 Å². The molecule has 0 N–H and O–H groups in total. The van der Waals surface area contributed by atoms with Crippen LogP contribution >= 0.6 is 0 Å². The highest BCUT2D eigenvalue weighted by Crippen LogP contribution is 2.34. The Morgan fingerprint density at radius 3 is 2.46 bits per heavy atom. The molecule has 4 heteroatoms. The third kappa shape index (κ3) is 3.49. The van der Waals surface area contributed by atoms with Gasteiger partial charge >= 0.3 is 5.63 Å². The fraction of sp³-hybridized carbons (Fsp3) is 0.250. The molecular weight excluding hydrogens is 302 g/mol. The van der Waals surface area contributed by atoms with Crippen LogP contribution in [0.15, 0.2) is 63.8 Å². The van der Waals surface area contributed by atoms with Crippen molar-refractivity contribution in [3.8, 4) is 16.9 Å². The number of nitrogens with zero attached hydrogens (tertiary/aromatic N) is 1. The van der Waals surface area contributed by atoms with Crippen LogP contribution in [0.2, 0.25) is 0 Å². The number of ether oxygens (including phenoxy) is 1. The minimum Gasteiger partial charge on any atom is -0.492 e. The van der Waals surface area contributed by atoms with Crippen LogP contribution in [0.1, 0.15) is 6.42 Å². The van der Waals surface area contributed by atoms with Gasteiger partial charge in [-0.3, -0.25) is 0 Å². The van der Waals surface area contributed by atoms with E-state index in [1.54, 1.807) is 6.07 Å². The van der Waals surface area contributed by atoms with Gasteiger partial charge in [0, 0.05) is 6.54 Å². The van der Waals surface area contributed by atoms with Crippen LogP contribution in [-0.2, 0) is 0 Å². The number of hydrogen-bond acceptors (Lipinski definition) is 4. The normalized spacial score (nSPS) is 11.1. The van der Waals surface area contributed by atoms with Crippen molar-refractivity contribution >= 4 is 11.0 Å². The van der Waals surface area contributed by atoms with Gasteiger partial charge in [-0.2, -0.15) is 0 Å². The molecule has 3 aromatic rings. The van der Waals surface area contributed by atoms with E-state index in [2.05, 4.69) is 4.90 Å². The lowest BCUT2D eigenvalue weighted by molar-refractivity contribution is 0.283. The van der Waals surface area contributed by atoms with Gasteiger partial charge in [0.15, 0.2) is 0 Å². The van der Waals surface area contributed by atoms with Gasteiger partial charge in [0.05, 0.1) is 12.0 Å². The number of benzene rings is 2. The molecule has 0 amide bonds. The molecule has 0 saturated heterocycles. The predicted octanol–water partition coefficient (Wildman–Crippen LogP) is 3.79. The van der Waals surface area contributed by atoms with Crippen molar-refractivity contribution in [1.29, 1.82) is 0 Å². The predicted molar refractivity (Wildman–Crippen MR) is 96.6 cm³/mol. The molecule has 0 aliphatic rings. The van der Waals surface area contributed by atoms with E-state index in [1.807, 2.05) is 62.6 Å². The Kier molecular flexibility index (Phi) is 4.96. The zero-order valence-corrected chi connectivity index (χ0v) is 14.0. The minimum atomic E-state index is -0.373. The Hall–Kier alpha value is -2.59. The van der Waals surface area contributed by atoms with Crippen LogP contribution in [0.3, 0.4) is 0 Å². The van der Waals surface area contributed by atoms with Gasteiger partial charge < -0.3 is 14.1 Å². The second kappa shape index (κ2) is 7.32. The monoisotopic (exact) mass is 323 g/mol. The van der Waals surface area contributed by atoms with Crippen molar-refractivity contribution in [1.82, 2.24) is 4.90 Å². The Morgan fingerprint density at radius 2 is 1.71 bits per heavy atom. The summed E-state index contributed by atoms with van der Waals surface area (Å²) in [6.45, 7) is 1.48. The van der Waals surface area contributed by atoms with Crippen molar-refractivity contribution in [3.05, 3.63) is 65.0 Å². The van der Waals surface area contributed by atoms with E-state index in [9.17, 15) is 4.79 Å². The van der Waals surface area contributed by atoms with Crippen molar-refractivity contribution in [2.45, 2.75) is 6.42 Å². The topological polar surface area (TPSA) is 42.7 Å². The van der Waals surface area contributed by atoms with E-state index in [-0.39, 0.29) is 5.63 Å². The molecule has 0 atom stereocenters. The molecule has 2 aromatic carbocycles. The molecule has 3 rings (SSSR count). The first-order chi connectivity index (χ1) is 11.7. The summed E-state index contributed by atoms with van der Waals surface area (Å²) in [5.41, 5.74) is 1.46. The molecule has 1 heterocycles. The fourth-order valence-electron chi connectivity index (χ4n) is 2.68. The maximum atomic E-state index is 12.5. The highest BCUT2D eigenvalue weighted by Gasteiger charge is 2.17. The minimum absolute atomic E-state index is 0.373. The lowest BCUT2D eigenvalue weighted by Crippen LogP contribution is -2.16. The molecule has 0 unspecified atom stereocenters. The first kappa shape index (κ1) is 16.3. The maximum absolute atomic E-state index is 12.5. The van der Waals surface area contributed by atoms with Gasteiger partial charge in [-0.05, 0) is 38.2 Å². The highest BCUT2D eigenvalue weighted by atomic mass is 16.5. The van der Waals surface area contributed by atoms with Crippen molar-refractivity contribution in [3.63, 3.8) is 0 Å². The van der Waals surface area contributed by atoms with E-state index >= 15 is 0 Å². The number of para-hydroxylation sites is 1. The first-order valence-corrected chi connectivity index (χ1v) is 8.05. The molecule has 0 bridgehead atoms. The highest BCUT2D eigenvalue weighted by molar-refractivity contribution is 5.90. The second-order valence-corrected chi connectivity index (χ2v) is 5.96. The summed E-state index contributed by atoms with van der Waals surface area (Å²) in [5.74, 6) is 0.604. The molecule has 1 aromatic heterocycles. The van der Waals surface area contributed by atoms with Crippen molar-refractivity contribution in [2.75, 3.05) is 27.2 Å². The summed E-state index contributed by atoms with van der Waals surface area (Å²) in [5, 5.41) is 0.820. The van der Waals surface area contributed by atoms with Crippen LogP contribution < -0.4 is 10.4 Å². The average Bonchev–Trinajstić information content (AvgIpc) is 2.59. The number of rotatable bonds is 6. The lowest BCUT2D eigenvalue weighted by atomic mass is 10.0. The van der Waals surface area contributed by atoms with Crippen LogP contribution in [0.25, 0.3) is 22.1 Å². The van der Waals surface area contributed by atoms with Gasteiger partial charge in [0.25, 0.3) is 0 Å². The number of hydrogen-bond donors (Lipinski definition) is 0. The Bertz CT molecular complexity index is 869. The molecule has 0 saturated carbocycles. The van der Waals surface area contributed by atoms with E-state index in [4.69, 9.17) is 9.15 Å². The average molecular weight is 323 g/mol. The molecular formula is C20H21NO3. The SMILES string of the molecule is CN(C)CCCOc1c(-c2ccccc2)c(=O)oc2ccccc12. The van der Waals surface area contributed by atoms with Gasteiger partial charge in [-0.15, -0.1) is 0 Å². The first-order valence-electron chi connectivity index (χ1n) is 8.05. The largest absolute Gasteiger partial charge is 0.492 e. The smallest absolute Gasteiger partial charge is 0.347 e. The third-order valence-electron chi connectivity index (χ3n) is 3.82. The molecule has 4 nitrogen and oxygen atoms in total. The zero-order chi connectivity index (χ0) is 16.9. The Morgan fingerprint density at radius 1 is 1.00 bits per heavy atom. The van der Waals surface area contributed by atoms with Gasteiger partial charge in [-0.1, -0.05) is 42.5 Å². The van der Waals surface area contributed by atoms with Gasteiger partial charge in [0.1, 0.15) is 16.9 Å². The number of fused-ring (bicyclic) bond motifs is 1. The molecule has 0 spiro atoms. The van der Waals surface area contributed by atoms with E-state index in [0.717, 1.165) is 23.9 Å². The standard InChI is InChI=1S/C20H21NO3/c1-21(2)13-8-14-23-19-16-11-6-7-12-17(16)24-20(22)18(19)15-9-4-3-5-10-15/h3-7,9-12H,8,13-14H2,1-2H3. The molecule has 24 heavy (non-hydrogen) atoms. The van der Waals surface area contributed by atoms with Crippen molar-refractivity contribution in [2.24, 2.45) is 0 Å². The fourth-order valence-corrected chi connectivity index (χ4v) is 2.68. The molecule has 0 fully saturated rings. The summed E-state index contributed by atoms with van der Waals surface area (Å²) >= 11 is 0. The summed E-state index contributed by atoms with van der Waals surface area (Å²) in [4.78, 5) is 14.7. The van der Waals surface area contributed by atoms with E-state index < -0.39 is 0 Å². The van der Waals surface area contributed by atoms with Crippen molar-refractivity contribution < 1.29 is 9.15 Å². The van der Waals surface area contributed by atoms with E-state index in [0.29, 0.717) is 23.5 Å². The summed E-state index contributed by atoms with van der Waals surface area (Å²) in [6, 6.07) is 17.0. The van der Waals surface area contributed by atoms with Crippen LogP contribution in [-0.4, -0.2) is 32.1 Å². The molecule has 0 aliphatic carbocycles. The van der Waals surface area contributed by atoms with Crippen LogP contribution in [0.4, 0.5) is 0 Å². The second-order valence-electron chi connectivity index (χ2n) is 5.96. The van der Waals surface area contributed by atoms with Gasteiger partial charge in [-0.25, -0.2) is 4.79 Å². The van der Waals surface area contributed by atoms with Crippen LogP contribution in [0.5, 0.6) is 5.75 Å². The quantitative estimate of drug-likeness (QED) is 0.511.